The largest absolute Gasteiger partial charge is 0.354 e. The van der Waals surface area contributed by atoms with E-state index in [1.165, 1.54) is 6.92 Å². The van der Waals surface area contributed by atoms with E-state index in [2.05, 4.69) is 32.8 Å². The molecule has 1 aromatic carbocycles. The predicted molar refractivity (Wildman–Crippen MR) is 89.6 cm³/mol. The van der Waals surface area contributed by atoms with Crippen LogP contribution in [0.15, 0.2) is 30.3 Å². The summed E-state index contributed by atoms with van der Waals surface area (Å²) in [5.41, 5.74) is 2.56. The second kappa shape index (κ2) is 7.40. The molecule has 1 amide bonds. The standard InChI is InChI=1S/C16H21N5O/c1-4-9-17-16-18-11(2)10-15(21-16)20-14-7-5-13(6-8-14)19-12(3)22/h5-8,10H,4,9H2,1-3H3,(H,19,22)(H2,17,18,20,21). The molecule has 3 N–H and O–H groups in total. The van der Waals surface area contributed by atoms with Crippen molar-refractivity contribution >= 4 is 29.0 Å². The van der Waals surface area contributed by atoms with Gasteiger partial charge in [0.1, 0.15) is 5.82 Å². The molecule has 0 saturated carbocycles. The number of rotatable bonds is 6. The number of carbonyl (C=O) groups excluding carboxylic acids is 1. The monoisotopic (exact) mass is 299 g/mol. The van der Waals surface area contributed by atoms with Crippen molar-refractivity contribution in [1.82, 2.24) is 9.97 Å². The number of carbonyl (C=O) groups is 1. The summed E-state index contributed by atoms with van der Waals surface area (Å²) in [6, 6.07) is 9.35. The lowest BCUT2D eigenvalue weighted by Crippen LogP contribution is -2.07. The molecular formula is C16H21N5O. The maximum Gasteiger partial charge on any atom is 0.224 e. The normalized spacial score (nSPS) is 10.1. The summed E-state index contributed by atoms with van der Waals surface area (Å²) in [4.78, 5) is 19.8. The van der Waals surface area contributed by atoms with Crippen LogP contribution < -0.4 is 16.0 Å². The Morgan fingerprint density at radius 3 is 2.45 bits per heavy atom. The van der Waals surface area contributed by atoms with E-state index in [4.69, 9.17) is 0 Å². The van der Waals surface area contributed by atoms with Gasteiger partial charge in [-0.3, -0.25) is 4.79 Å². The Morgan fingerprint density at radius 1 is 1.14 bits per heavy atom. The molecule has 0 spiro atoms. The molecule has 6 nitrogen and oxygen atoms in total. The lowest BCUT2D eigenvalue weighted by Gasteiger charge is -2.10. The molecule has 2 rings (SSSR count). The van der Waals surface area contributed by atoms with Crippen LogP contribution in [0.3, 0.4) is 0 Å². The Balaban J connectivity index is 2.09. The molecule has 0 radical (unpaired) electrons. The van der Waals surface area contributed by atoms with E-state index in [1.807, 2.05) is 37.3 Å². The number of hydrogen-bond donors (Lipinski definition) is 3. The van der Waals surface area contributed by atoms with Gasteiger partial charge in [-0.05, 0) is 37.6 Å². The molecule has 2 aromatic rings. The van der Waals surface area contributed by atoms with Gasteiger partial charge in [-0.25, -0.2) is 4.98 Å². The summed E-state index contributed by atoms with van der Waals surface area (Å²) in [7, 11) is 0. The summed E-state index contributed by atoms with van der Waals surface area (Å²) in [6.45, 7) is 6.36. The van der Waals surface area contributed by atoms with Gasteiger partial charge in [-0.15, -0.1) is 0 Å². The zero-order valence-electron chi connectivity index (χ0n) is 13.1. The second-order valence-corrected chi connectivity index (χ2v) is 5.03. The Kier molecular flexibility index (Phi) is 5.30. The Hall–Kier alpha value is -2.63. The molecule has 0 unspecified atom stereocenters. The van der Waals surface area contributed by atoms with Crippen LogP contribution in [0.25, 0.3) is 0 Å². The van der Waals surface area contributed by atoms with Gasteiger partial charge in [0.15, 0.2) is 0 Å². The highest BCUT2D eigenvalue weighted by Gasteiger charge is 2.03. The van der Waals surface area contributed by atoms with Crippen LogP contribution in [-0.2, 0) is 4.79 Å². The first kappa shape index (κ1) is 15.8. The smallest absolute Gasteiger partial charge is 0.224 e. The van der Waals surface area contributed by atoms with E-state index in [9.17, 15) is 4.79 Å². The number of aryl methyl sites for hydroxylation is 1. The van der Waals surface area contributed by atoms with Crippen LogP contribution in [0.2, 0.25) is 0 Å². The van der Waals surface area contributed by atoms with Crippen LogP contribution in [-0.4, -0.2) is 22.4 Å². The van der Waals surface area contributed by atoms with Crippen molar-refractivity contribution in [2.24, 2.45) is 0 Å². The van der Waals surface area contributed by atoms with Gasteiger partial charge in [-0.1, -0.05) is 6.92 Å². The number of anilines is 4. The molecule has 22 heavy (non-hydrogen) atoms. The summed E-state index contributed by atoms with van der Waals surface area (Å²) >= 11 is 0. The first-order valence-electron chi connectivity index (χ1n) is 7.31. The van der Waals surface area contributed by atoms with Crippen LogP contribution in [0.1, 0.15) is 26.0 Å². The third-order valence-electron chi connectivity index (χ3n) is 2.87. The maximum absolute atomic E-state index is 11.0. The highest BCUT2D eigenvalue weighted by molar-refractivity contribution is 5.88. The first-order valence-corrected chi connectivity index (χ1v) is 7.31. The maximum atomic E-state index is 11.0. The summed E-state index contributed by atoms with van der Waals surface area (Å²) in [6.07, 6.45) is 1.02. The zero-order chi connectivity index (χ0) is 15.9. The Bertz CT molecular complexity index is 639. The van der Waals surface area contributed by atoms with Gasteiger partial charge >= 0.3 is 0 Å². The topological polar surface area (TPSA) is 78.9 Å². The molecular weight excluding hydrogens is 278 g/mol. The molecule has 0 saturated heterocycles. The first-order chi connectivity index (χ1) is 10.6. The summed E-state index contributed by atoms with van der Waals surface area (Å²) < 4.78 is 0. The minimum atomic E-state index is -0.0845. The van der Waals surface area contributed by atoms with Gasteiger partial charge in [0.25, 0.3) is 0 Å². The Labute approximate surface area is 130 Å². The van der Waals surface area contributed by atoms with Crippen LogP contribution in [0.4, 0.5) is 23.1 Å². The van der Waals surface area contributed by atoms with E-state index in [0.717, 1.165) is 35.9 Å². The van der Waals surface area contributed by atoms with E-state index in [1.54, 1.807) is 0 Å². The van der Waals surface area contributed by atoms with E-state index in [0.29, 0.717) is 5.95 Å². The molecule has 6 heteroatoms. The van der Waals surface area contributed by atoms with Crippen LogP contribution >= 0.6 is 0 Å². The number of nitrogens with zero attached hydrogens (tertiary/aromatic N) is 2. The Morgan fingerprint density at radius 2 is 1.82 bits per heavy atom. The SMILES string of the molecule is CCCNc1nc(C)cc(Nc2ccc(NC(C)=O)cc2)n1. The third-order valence-corrected chi connectivity index (χ3v) is 2.87. The zero-order valence-corrected chi connectivity index (χ0v) is 13.1. The van der Waals surface area contributed by atoms with E-state index < -0.39 is 0 Å². The van der Waals surface area contributed by atoms with Crippen molar-refractivity contribution < 1.29 is 4.79 Å². The number of nitrogens with one attached hydrogen (secondary N) is 3. The summed E-state index contributed by atoms with van der Waals surface area (Å²) in [5, 5.41) is 9.16. The predicted octanol–water partition coefficient (Wildman–Crippen LogP) is 3.31. The molecule has 0 atom stereocenters. The quantitative estimate of drug-likeness (QED) is 0.762. The second-order valence-electron chi connectivity index (χ2n) is 5.03. The van der Waals surface area contributed by atoms with Gasteiger partial charge < -0.3 is 16.0 Å². The fraction of sp³-hybridized carbons (Fsp3) is 0.312. The fourth-order valence-electron chi connectivity index (χ4n) is 1.94. The van der Waals surface area contributed by atoms with Crippen molar-refractivity contribution in [2.75, 3.05) is 22.5 Å². The van der Waals surface area contributed by atoms with Crippen molar-refractivity contribution in [3.8, 4) is 0 Å². The molecule has 1 heterocycles. The average Bonchev–Trinajstić information content (AvgIpc) is 2.46. The highest BCUT2D eigenvalue weighted by atomic mass is 16.1. The number of benzene rings is 1. The number of aromatic nitrogens is 2. The van der Waals surface area contributed by atoms with Crippen molar-refractivity contribution in [3.05, 3.63) is 36.0 Å². The average molecular weight is 299 g/mol. The van der Waals surface area contributed by atoms with Crippen LogP contribution in [0, 0.1) is 6.92 Å². The van der Waals surface area contributed by atoms with Crippen molar-refractivity contribution in [2.45, 2.75) is 27.2 Å². The fourth-order valence-corrected chi connectivity index (χ4v) is 1.94. The number of hydrogen-bond acceptors (Lipinski definition) is 5. The van der Waals surface area contributed by atoms with Gasteiger partial charge in [0.05, 0.1) is 0 Å². The lowest BCUT2D eigenvalue weighted by molar-refractivity contribution is -0.114. The summed E-state index contributed by atoms with van der Waals surface area (Å²) in [5.74, 6) is 1.27. The molecule has 0 bridgehead atoms. The minimum Gasteiger partial charge on any atom is -0.354 e. The molecule has 1 aromatic heterocycles. The van der Waals surface area contributed by atoms with Crippen molar-refractivity contribution in [1.29, 1.82) is 0 Å². The minimum absolute atomic E-state index is 0.0845. The van der Waals surface area contributed by atoms with Crippen LogP contribution in [0.5, 0.6) is 0 Å². The molecule has 0 aliphatic rings. The number of amides is 1. The molecule has 0 fully saturated rings. The van der Waals surface area contributed by atoms with Gasteiger partial charge in [0.2, 0.25) is 11.9 Å². The molecule has 0 aliphatic carbocycles. The van der Waals surface area contributed by atoms with Crippen molar-refractivity contribution in [3.63, 3.8) is 0 Å². The highest BCUT2D eigenvalue weighted by Crippen LogP contribution is 2.19. The van der Waals surface area contributed by atoms with Gasteiger partial charge in [-0.2, -0.15) is 4.98 Å². The van der Waals surface area contributed by atoms with E-state index >= 15 is 0 Å². The third kappa shape index (κ3) is 4.73. The van der Waals surface area contributed by atoms with Gasteiger partial charge in [0, 0.05) is 36.6 Å². The van der Waals surface area contributed by atoms with E-state index in [-0.39, 0.29) is 5.91 Å². The molecule has 0 aliphatic heterocycles. The molecule has 116 valence electrons. The lowest BCUT2D eigenvalue weighted by atomic mass is 10.2.